The first-order chi connectivity index (χ1) is 6.82. The zero-order valence-electron chi connectivity index (χ0n) is 8.24. The van der Waals surface area contributed by atoms with Gasteiger partial charge in [0.25, 0.3) is 0 Å². The number of nitrogens with zero attached hydrogens (tertiary/aromatic N) is 1. The molecule has 4 nitrogen and oxygen atoms in total. The van der Waals surface area contributed by atoms with Crippen molar-refractivity contribution in [2.75, 3.05) is 13.2 Å². The number of hydrogen-bond donors (Lipinski definition) is 3. The van der Waals surface area contributed by atoms with Crippen LogP contribution in [0.1, 0.15) is 30.9 Å². The van der Waals surface area contributed by atoms with E-state index in [1.54, 1.807) is 6.20 Å². The Labute approximate surface area is 83.5 Å². The summed E-state index contributed by atoms with van der Waals surface area (Å²) in [5, 5.41) is 16.3. The normalized spacial score (nSPS) is 21.6. The monoisotopic (exact) mass is 195 g/mol. The number of aromatic nitrogens is 2. The number of aromatic amines is 1. The van der Waals surface area contributed by atoms with Crippen LogP contribution in [-0.4, -0.2) is 28.5 Å². The first-order valence-corrected chi connectivity index (χ1v) is 5.12. The highest BCUT2D eigenvalue weighted by atomic mass is 16.3. The van der Waals surface area contributed by atoms with Crippen molar-refractivity contribution in [3.8, 4) is 0 Å². The van der Waals surface area contributed by atoms with Gasteiger partial charge < -0.3 is 10.8 Å². The van der Waals surface area contributed by atoms with Crippen LogP contribution in [0.5, 0.6) is 0 Å². The number of nitrogens with one attached hydrogen (secondary N) is 1. The van der Waals surface area contributed by atoms with Crippen LogP contribution in [0.25, 0.3) is 0 Å². The van der Waals surface area contributed by atoms with Crippen LogP contribution in [0.2, 0.25) is 0 Å². The molecule has 1 aliphatic rings. The molecule has 1 aromatic rings. The third-order valence-electron chi connectivity index (χ3n) is 3.54. The van der Waals surface area contributed by atoms with Gasteiger partial charge in [0, 0.05) is 36.4 Å². The van der Waals surface area contributed by atoms with E-state index in [2.05, 4.69) is 10.2 Å². The van der Waals surface area contributed by atoms with Crippen LogP contribution in [-0.2, 0) is 0 Å². The van der Waals surface area contributed by atoms with Gasteiger partial charge in [-0.15, -0.1) is 0 Å². The Morgan fingerprint density at radius 2 is 2.43 bits per heavy atom. The maximum Gasteiger partial charge on any atom is 0.0494 e. The van der Waals surface area contributed by atoms with Gasteiger partial charge in [0.05, 0.1) is 0 Å². The number of aliphatic hydroxyl groups excluding tert-OH is 1. The minimum Gasteiger partial charge on any atom is -0.396 e. The van der Waals surface area contributed by atoms with Gasteiger partial charge in [0.15, 0.2) is 0 Å². The average Bonchev–Trinajstić information content (AvgIpc) is 2.63. The molecule has 0 saturated heterocycles. The average molecular weight is 195 g/mol. The fourth-order valence-corrected chi connectivity index (χ4v) is 2.42. The number of aliphatic hydroxyl groups is 1. The SMILES string of the molecule is NC[C@H](c1ccn[nH]1)C1(CO)CCC1. The van der Waals surface area contributed by atoms with Gasteiger partial charge in [-0.25, -0.2) is 0 Å². The molecule has 1 fully saturated rings. The van der Waals surface area contributed by atoms with Gasteiger partial charge >= 0.3 is 0 Å². The Bertz CT molecular complexity index is 274. The Morgan fingerprint density at radius 3 is 2.79 bits per heavy atom. The molecule has 0 bridgehead atoms. The molecule has 1 aromatic heterocycles. The van der Waals surface area contributed by atoms with Crippen molar-refractivity contribution < 1.29 is 5.11 Å². The smallest absolute Gasteiger partial charge is 0.0494 e. The first-order valence-electron chi connectivity index (χ1n) is 5.12. The van der Waals surface area contributed by atoms with Crippen LogP contribution >= 0.6 is 0 Å². The molecule has 0 unspecified atom stereocenters. The number of H-pyrrole nitrogens is 1. The van der Waals surface area contributed by atoms with E-state index in [0.717, 1.165) is 18.5 Å². The van der Waals surface area contributed by atoms with E-state index in [1.807, 2.05) is 6.07 Å². The summed E-state index contributed by atoms with van der Waals surface area (Å²) in [6.07, 6.45) is 5.09. The van der Waals surface area contributed by atoms with Gasteiger partial charge in [0.1, 0.15) is 0 Å². The van der Waals surface area contributed by atoms with Gasteiger partial charge in [-0.3, -0.25) is 5.10 Å². The molecule has 0 spiro atoms. The molecule has 1 atom stereocenters. The zero-order chi connectivity index (χ0) is 10.0. The summed E-state index contributed by atoms with van der Waals surface area (Å²) in [6.45, 7) is 0.802. The van der Waals surface area contributed by atoms with Crippen LogP contribution in [0, 0.1) is 5.41 Å². The van der Waals surface area contributed by atoms with Crippen LogP contribution in [0.3, 0.4) is 0 Å². The van der Waals surface area contributed by atoms with E-state index in [9.17, 15) is 5.11 Å². The van der Waals surface area contributed by atoms with E-state index in [4.69, 9.17) is 5.73 Å². The van der Waals surface area contributed by atoms with E-state index in [0.29, 0.717) is 6.54 Å². The molecule has 0 aliphatic heterocycles. The summed E-state index contributed by atoms with van der Waals surface area (Å²) >= 11 is 0. The minimum absolute atomic E-state index is 0.0152. The molecule has 0 radical (unpaired) electrons. The van der Waals surface area contributed by atoms with Crippen molar-refractivity contribution in [3.05, 3.63) is 18.0 Å². The van der Waals surface area contributed by atoms with E-state index in [1.165, 1.54) is 6.42 Å². The molecule has 1 heterocycles. The van der Waals surface area contributed by atoms with Crippen LogP contribution in [0.15, 0.2) is 12.3 Å². The summed E-state index contributed by atoms with van der Waals surface area (Å²) in [5.74, 6) is 0.226. The largest absolute Gasteiger partial charge is 0.396 e. The lowest BCUT2D eigenvalue weighted by molar-refractivity contribution is 0.0179. The molecule has 1 saturated carbocycles. The lowest BCUT2D eigenvalue weighted by Gasteiger charge is -2.45. The second-order valence-electron chi connectivity index (χ2n) is 4.17. The summed E-state index contributed by atoms with van der Waals surface area (Å²) in [6, 6.07) is 1.95. The molecule has 0 amide bonds. The second kappa shape index (κ2) is 3.71. The molecule has 2 rings (SSSR count). The highest BCUT2D eigenvalue weighted by molar-refractivity contribution is 5.14. The van der Waals surface area contributed by atoms with Gasteiger partial charge in [-0.1, -0.05) is 6.42 Å². The quantitative estimate of drug-likeness (QED) is 0.659. The lowest BCUT2D eigenvalue weighted by atomic mass is 9.60. The van der Waals surface area contributed by atoms with E-state index < -0.39 is 0 Å². The standard InChI is InChI=1S/C10H17N3O/c11-6-8(9-2-5-12-13-9)10(7-14)3-1-4-10/h2,5,8,14H,1,3-4,6-7,11H2,(H,12,13)/t8-/m1/s1. The number of hydrogen-bond acceptors (Lipinski definition) is 3. The fourth-order valence-electron chi connectivity index (χ4n) is 2.42. The Hall–Kier alpha value is -0.870. The van der Waals surface area contributed by atoms with Crippen LogP contribution < -0.4 is 5.73 Å². The van der Waals surface area contributed by atoms with E-state index in [-0.39, 0.29) is 17.9 Å². The lowest BCUT2D eigenvalue weighted by Crippen LogP contribution is -2.42. The highest BCUT2D eigenvalue weighted by Crippen LogP contribution is 2.50. The molecule has 78 valence electrons. The molecule has 4 N–H and O–H groups in total. The van der Waals surface area contributed by atoms with Gasteiger partial charge in [-0.2, -0.15) is 5.10 Å². The predicted octanol–water partition coefficient (Wildman–Crippen LogP) is 0.615. The third kappa shape index (κ3) is 1.35. The molecular weight excluding hydrogens is 178 g/mol. The summed E-state index contributed by atoms with van der Waals surface area (Å²) in [5.41, 5.74) is 6.85. The third-order valence-corrected chi connectivity index (χ3v) is 3.54. The van der Waals surface area contributed by atoms with Crippen molar-refractivity contribution in [2.24, 2.45) is 11.1 Å². The van der Waals surface area contributed by atoms with Crippen molar-refractivity contribution in [3.63, 3.8) is 0 Å². The summed E-state index contributed by atoms with van der Waals surface area (Å²) in [7, 11) is 0. The second-order valence-corrected chi connectivity index (χ2v) is 4.17. The van der Waals surface area contributed by atoms with Crippen molar-refractivity contribution in [1.82, 2.24) is 10.2 Å². The maximum absolute atomic E-state index is 9.45. The first kappa shape index (κ1) is 9.68. The van der Waals surface area contributed by atoms with Crippen molar-refractivity contribution in [2.45, 2.75) is 25.2 Å². The Balaban J connectivity index is 2.20. The maximum atomic E-state index is 9.45. The van der Waals surface area contributed by atoms with Gasteiger partial charge in [-0.05, 0) is 18.9 Å². The summed E-state index contributed by atoms with van der Waals surface area (Å²) < 4.78 is 0. The minimum atomic E-state index is 0.0152. The van der Waals surface area contributed by atoms with Crippen molar-refractivity contribution >= 4 is 0 Å². The van der Waals surface area contributed by atoms with Crippen LogP contribution in [0.4, 0.5) is 0 Å². The Kier molecular flexibility index (Phi) is 2.56. The number of rotatable bonds is 4. The fraction of sp³-hybridized carbons (Fsp3) is 0.700. The molecule has 4 heteroatoms. The predicted molar refractivity (Wildman–Crippen MR) is 53.8 cm³/mol. The highest BCUT2D eigenvalue weighted by Gasteiger charge is 2.44. The van der Waals surface area contributed by atoms with E-state index >= 15 is 0 Å². The summed E-state index contributed by atoms with van der Waals surface area (Å²) in [4.78, 5) is 0. The molecule has 14 heavy (non-hydrogen) atoms. The van der Waals surface area contributed by atoms with Gasteiger partial charge in [0.2, 0.25) is 0 Å². The Morgan fingerprint density at radius 1 is 1.64 bits per heavy atom. The number of nitrogens with two attached hydrogens (primary N) is 1. The van der Waals surface area contributed by atoms with Crippen molar-refractivity contribution in [1.29, 1.82) is 0 Å². The molecule has 1 aliphatic carbocycles. The molecular formula is C10H17N3O. The topological polar surface area (TPSA) is 74.9 Å². The zero-order valence-corrected chi connectivity index (χ0v) is 8.24. The molecule has 0 aromatic carbocycles.